The minimum absolute atomic E-state index is 0.285. The Morgan fingerprint density at radius 3 is 2.77 bits per heavy atom. The Labute approximate surface area is 153 Å². The number of nitrogens with zero attached hydrogens (tertiary/aromatic N) is 2. The Hall–Kier alpha value is -2.69. The minimum atomic E-state index is -0.285. The van der Waals surface area contributed by atoms with Crippen molar-refractivity contribution in [1.82, 2.24) is 9.55 Å². The van der Waals surface area contributed by atoms with Crippen LogP contribution >= 0.6 is 0 Å². The van der Waals surface area contributed by atoms with Crippen LogP contribution in [0.4, 0.5) is 10.2 Å². The molecular weight excluding hydrogens is 329 g/mol. The molecule has 0 radical (unpaired) electrons. The predicted octanol–water partition coefficient (Wildman–Crippen LogP) is 4.67. The second kappa shape index (κ2) is 7.68. The fraction of sp³-hybridized carbons (Fsp3) is 0.333. The molecule has 3 aromatic rings. The van der Waals surface area contributed by atoms with E-state index in [1.54, 1.807) is 0 Å². The zero-order valence-corrected chi connectivity index (χ0v) is 15.5. The normalized spacial score (nSPS) is 11.1. The van der Waals surface area contributed by atoms with Gasteiger partial charge in [-0.3, -0.25) is 4.79 Å². The molecule has 0 aliphatic carbocycles. The van der Waals surface area contributed by atoms with E-state index in [9.17, 15) is 9.18 Å². The first kappa shape index (κ1) is 18.1. The van der Waals surface area contributed by atoms with Gasteiger partial charge in [-0.15, -0.1) is 0 Å². The lowest BCUT2D eigenvalue weighted by Gasteiger charge is -2.12. The zero-order chi connectivity index (χ0) is 18.7. The number of anilines is 1. The van der Waals surface area contributed by atoms with Gasteiger partial charge in [0, 0.05) is 29.7 Å². The number of aldehydes is 1. The summed E-state index contributed by atoms with van der Waals surface area (Å²) in [4.78, 5) is 15.5. The van der Waals surface area contributed by atoms with Crippen LogP contribution in [0.1, 0.15) is 40.5 Å². The van der Waals surface area contributed by atoms with Crippen molar-refractivity contribution in [1.29, 1.82) is 0 Å². The third-order valence-electron chi connectivity index (χ3n) is 4.92. The number of pyridine rings is 1. The molecule has 0 atom stereocenters. The summed E-state index contributed by atoms with van der Waals surface area (Å²) in [6, 6.07) is 7.55. The van der Waals surface area contributed by atoms with Gasteiger partial charge in [-0.25, -0.2) is 9.37 Å². The molecule has 5 heteroatoms. The van der Waals surface area contributed by atoms with Crippen LogP contribution in [0.2, 0.25) is 0 Å². The number of carbonyl (C=O) groups is 1. The van der Waals surface area contributed by atoms with Gasteiger partial charge in [-0.05, 0) is 37.8 Å². The fourth-order valence-corrected chi connectivity index (χ4v) is 3.47. The summed E-state index contributed by atoms with van der Waals surface area (Å²) in [6.07, 6.45) is 3.82. The molecule has 0 saturated carbocycles. The van der Waals surface area contributed by atoms with Crippen molar-refractivity contribution < 1.29 is 9.18 Å². The summed E-state index contributed by atoms with van der Waals surface area (Å²) in [5.41, 5.74) is 4.55. The van der Waals surface area contributed by atoms with Crippen LogP contribution in [-0.2, 0) is 13.0 Å². The van der Waals surface area contributed by atoms with E-state index in [2.05, 4.69) is 21.8 Å². The third kappa shape index (κ3) is 3.21. The third-order valence-corrected chi connectivity index (χ3v) is 4.92. The Kier molecular flexibility index (Phi) is 5.35. The van der Waals surface area contributed by atoms with Gasteiger partial charge in [0.05, 0.1) is 11.7 Å². The van der Waals surface area contributed by atoms with Crippen LogP contribution in [0.3, 0.4) is 0 Å². The first-order chi connectivity index (χ1) is 12.6. The highest BCUT2D eigenvalue weighted by Gasteiger charge is 2.18. The number of aromatic nitrogens is 2. The second-order valence-corrected chi connectivity index (χ2v) is 6.53. The maximum Gasteiger partial charge on any atom is 0.151 e. The van der Waals surface area contributed by atoms with Gasteiger partial charge in [-0.2, -0.15) is 0 Å². The quantitative estimate of drug-likeness (QED) is 0.628. The van der Waals surface area contributed by atoms with Crippen molar-refractivity contribution in [2.75, 3.05) is 11.9 Å². The average molecular weight is 353 g/mol. The molecule has 26 heavy (non-hydrogen) atoms. The van der Waals surface area contributed by atoms with Gasteiger partial charge in [0.2, 0.25) is 0 Å². The summed E-state index contributed by atoms with van der Waals surface area (Å²) in [6.45, 7) is 7.53. The lowest BCUT2D eigenvalue weighted by molar-refractivity contribution is 0.112. The molecule has 0 unspecified atom stereocenters. The smallest absolute Gasteiger partial charge is 0.151 e. The zero-order valence-electron chi connectivity index (χ0n) is 15.5. The molecule has 1 aromatic carbocycles. The van der Waals surface area contributed by atoms with Crippen molar-refractivity contribution in [2.45, 2.75) is 40.2 Å². The van der Waals surface area contributed by atoms with Crippen molar-refractivity contribution >= 4 is 23.0 Å². The van der Waals surface area contributed by atoms with Crippen LogP contribution in [0.25, 0.3) is 10.9 Å². The first-order valence-corrected chi connectivity index (χ1v) is 8.99. The van der Waals surface area contributed by atoms with Crippen LogP contribution in [0, 0.1) is 19.7 Å². The summed E-state index contributed by atoms with van der Waals surface area (Å²) >= 11 is 0. The van der Waals surface area contributed by atoms with Gasteiger partial charge in [0.1, 0.15) is 6.29 Å². The molecule has 0 aliphatic heterocycles. The number of halogens is 1. The van der Waals surface area contributed by atoms with Crippen molar-refractivity contribution in [2.24, 2.45) is 0 Å². The highest BCUT2D eigenvalue weighted by atomic mass is 19.1. The SMILES string of the molecule is CCCn1c(C)c(C)c2c(F)cnc(NCCc3ccccc3C=O)c21. The van der Waals surface area contributed by atoms with Gasteiger partial charge < -0.3 is 9.88 Å². The van der Waals surface area contributed by atoms with Crippen molar-refractivity contribution in [3.05, 3.63) is 58.7 Å². The van der Waals surface area contributed by atoms with E-state index in [0.717, 1.165) is 41.6 Å². The summed E-state index contributed by atoms with van der Waals surface area (Å²) in [7, 11) is 0. The largest absolute Gasteiger partial charge is 0.368 e. The van der Waals surface area contributed by atoms with Gasteiger partial charge in [-0.1, -0.05) is 31.2 Å². The minimum Gasteiger partial charge on any atom is -0.368 e. The van der Waals surface area contributed by atoms with E-state index >= 15 is 0 Å². The van der Waals surface area contributed by atoms with E-state index in [4.69, 9.17) is 0 Å². The molecule has 4 nitrogen and oxygen atoms in total. The number of hydrogen-bond donors (Lipinski definition) is 1. The summed E-state index contributed by atoms with van der Waals surface area (Å²) < 4.78 is 16.5. The van der Waals surface area contributed by atoms with Crippen molar-refractivity contribution in [3.8, 4) is 0 Å². The van der Waals surface area contributed by atoms with E-state index in [0.29, 0.717) is 29.7 Å². The molecule has 0 amide bonds. The molecular formula is C21H24FN3O. The molecule has 136 valence electrons. The van der Waals surface area contributed by atoms with Crippen LogP contribution in [0.15, 0.2) is 30.5 Å². The van der Waals surface area contributed by atoms with Crippen LogP contribution < -0.4 is 5.32 Å². The van der Waals surface area contributed by atoms with Gasteiger partial charge in [0.25, 0.3) is 0 Å². The van der Waals surface area contributed by atoms with Crippen LogP contribution in [-0.4, -0.2) is 22.4 Å². The van der Waals surface area contributed by atoms with Crippen molar-refractivity contribution in [3.63, 3.8) is 0 Å². The Morgan fingerprint density at radius 1 is 1.27 bits per heavy atom. The number of nitrogens with one attached hydrogen (secondary N) is 1. The number of rotatable bonds is 7. The molecule has 2 heterocycles. The van der Waals surface area contributed by atoms with E-state index in [1.807, 2.05) is 38.1 Å². The molecule has 0 spiro atoms. The van der Waals surface area contributed by atoms with Crippen LogP contribution in [0.5, 0.6) is 0 Å². The Bertz CT molecular complexity index is 946. The van der Waals surface area contributed by atoms with E-state index in [-0.39, 0.29) is 5.82 Å². The maximum absolute atomic E-state index is 14.4. The maximum atomic E-state index is 14.4. The highest BCUT2D eigenvalue weighted by Crippen LogP contribution is 2.31. The average Bonchev–Trinajstić information content (AvgIpc) is 2.90. The standard InChI is InChI=1S/C21H24FN3O/c1-4-11-25-15(3)14(2)19-18(22)12-24-21(20(19)25)23-10-9-16-7-5-6-8-17(16)13-26/h5-8,12-13H,4,9-11H2,1-3H3,(H,23,24). The van der Waals surface area contributed by atoms with E-state index in [1.165, 1.54) is 6.20 Å². The van der Waals surface area contributed by atoms with Gasteiger partial charge in [0.15, 0.2) is 11.6 Å². The molecule has 1 N–H and O–H groups in total. The van der Waals surface area contributed by atoms with E-state index < -0.39 is 0 Å². The number of hydrogen-bond acceptors (Lipinski definition) is 3. The number of fused-ring (bicyclic) bond motifs is 1. The molecule has 0 bridgehead atoms. The second-order valence-electron chi connectivity index (χ2n) is 6.53. The lowest BCUT2D eigenvalue weighted by atomic mass is 10.1. The number of aryl methyl sites for hydroxylation is 2. The Morgan fingerprint density at radius 2 is 2.04 bits per heavy atom. The molecule has 0 saturated heterocycles. The first-order valence-electron chi connectivity index (χ1n) is 8.99. The lowest BCUT2D eigenvalue weighted by Crippen LogP contribution is -2.10. The number of carbonyl (C=O) groups excluding carboxylic acids is 1. The fourth-order valence-electron chi connectivity index (χ4n) is 3.47. The highest BCUT2D eigenvalue weighted by molar-refractivity contribution is 5.93. The number of benzene rings is 1. The summed E-state index contributed by atoms with van der Waals surface area (Å²) in [5, 5.41) is 3.98. The summed E-state index contributed by atoms with van der Waals surface area (Å²) in [5.74, 6) is 0.405. The monoisotopic (exact) mass is 353 g/mol. The molecule has 0 fully saturated rings. The van der Waals surface area contributed by atoms with Gasteiger partial charge >= 0.3 is 0 Å². The molecule has 0 aliphatic rings. The molecule has 2 aromatic heterocycles. The Balaban J connectivity index is 1.92. The topological polar surface area (TPSA) is 46.9 Å². The molecule has 3 rings (SSSR count). The predicted molar refractivity (Wildman–Crippen MR) is 103 cm³/mol.